The number of halogens is 4. The van der Waals surface area contributed by atoms with E-state index in [1.54, 1.807) is 54.6 Å². The standard InChI is InChI=1S/C26H21Cl2F2N3O3/c27-19-5-1-17(23(28)11-19)4-10-25(34)18-2-7-21(8-3-18)36-14-26(35,13-33-16-31-15-32-33)22-9-6-20(29)12-24(22)30/h1-12,15-16,25,34-35H,13-14H2/b10-4+. The zero-order valence-electron chi connectivity index (χ0n) is 18.7. The molecular weight excluding hydrogens is 511 g/mol. The Labute approximate surface area is 216 Å². The van der Waals surface area contributed by atoms with Crippen LogP contribution >= 0.6 is 23.2 Å². The summed E-state index contributed by atoms with van der Waals surface area (Å²) in [6, 6.07) is 14.5. The van der Waals surface area contributed by atoms with Crippen LogP contribution < -0.4 is 4.74 Å². The second kappa shape index (κ2) is 11.2. The molecule has 3 aromatic carbocycles. The van der Waals surface area contributed by atoms with Crippen molar-refractivity contribution in [3.63, 3.8) is 0 Å². The number of aliphatic hydroxyl groups is 2. The molecule has 36 heavy (non-hydrogen) atoms. The van der Waals surface area contributed by atoms with Crippen LogP contribution in [0.5, 0.6) is 5.75 Å². The molecular formula is C26H21Cl2F2N3O3. The molecule has 6 nitrogen and oxygen atoms in total. The van der Waals surface area contributed by atoms with E-state index in [9.17, 15) is 19.0 Å². The van der Waals surface area contributed by atoms with Crippen molar-refractivity contribution in [2.24, 2.45) is 0 Å². The van der Waals surface area contributed by atoms with Gasteiger partial charge in [0.05, 0.1) is 12.6 Å². The van der Waals surface area contributed by atoms with Crippen molar-refractivity contribution >= 4 is 29.3 Å². The lowest BCUT2D eigenvalue weighted by Crippen LogP contribution is -2.39. The minimum atomic E-state index is -1.87. The lowest BCUT2D eigenvalue weighted by Gasteiger charge is -2.29. The predicted octanol–water partition coefficient (Wildman–Crippen LogP) is 5.58. The summed E-state index contributed by atoms with van der Waals surface area (Å²) in [5, 5.41) is 26.7. The summed E-state index contributed by atoms with van der Waals surface area (Å²) in [6.45, 7) is -0.531. The summed E-state index contributed by atoms with van der Waals surface area (Å²) >= 11 is 12.1. The first-order valence-electron chi connectivity index (χ1n) is 10.8. The highest BCUT2D eigenvalue weighted by molar-refractivity contribution is 6.35. The van der Waals surface area contributed by atoms with Gasteiger partial charge in [-0.1, -0.05) is 59.6 Å². The summed E-state index contributed by atoms with van der Waals surface area (Å²) in [5.74, 6) is -1.30. The Morgan fingerprint density at radius 1 is 1.06 bits per heavy atom. The normalized spacial score (nSPS) is 14.1. The number of benzene rings is 3. The first-order valence-corrected chi connectivity index (χ1v) is 11.5. The maximum Gasteiger partial charge on any atom is 0.146 e. The fourth-order valence-corrected chi connectivity index (χ4v) is 4.04. The molecule has 0 amide bonds. The molecule has 1 aromatic heterocycles. The quantitative estimate of drug-likeness (QED) is 0.295. The van der Waals surface area contributed by atoms with Crippen LogP contribution in [0.15, 0.2) is 79.4 Å². The van der Waals surface area contributed by atoms with E-state index < -0.39 is 23.3 Å². The van der Waals surface area contributed by atoms with E-state index in [2.05, 4.69) is 10.1 Å². The summed E-state index contributed by atoms with van der Waals surface area (Å²) in [5.41, 5.74) is -0.715. The molecule has 0 saturated heterocycles. The zero-order valence-corrected chi connectivity index (χ0v) is 20.2. The van der Waals surface area contributed by atoms with Gasteiger partial charge in [-0.25, -0.2) is 18.4 Å². The lowest BCUT2D eigenvalue weighted by atomic mass is 9.94. The number of rotatable bonds is 9. The molecule has 0 radical (unpaired) electrons. The first-order chi connectivity index (χ1) is 17.2. The Morgan fingerprint density at radius 2 is 1.83 bits per heavy atom. The minimum absolute atomic E-state index is 0.141. The van der Waals surface area contributed by atoms with Crippen LogP contribution in [0.1, 0.15) is 22.8 Å². The van der Waals surface area contributed by atoms with Gasteiger partial charge in [-0.15, -0.1) is 0 Å². The maximum absolute atomic E-state index is 14.5. The SMILES string of the molecule is OC(/C=C/c1ccc(Cl)cc1Cl)c1ccc(OCC(O)(Cn2cncn2)c2ccc(F)cc2F)cc1. The second-order valence-corrected chi connectivity index (χ2v) is 8.92. The molecule has 1 heterocycles. The summed E-state index contributed by atoms with van der Waals surface area (Å²) in [7, 11) is 0. The number of hydrogen-bond acceptors (Lipinski definition) is 5. The summed E-state index contributed by atoms with van der Waals surface area (Å²) < 4.78 is 35.0. The monoisotopic (exact) mass is 531 g/mol. The fraction of sp³-hybridized carbons (Fsp3) is 0.154. The Balaban J connectivity index is 1.47. The Hall–Kier alpha value is -3.30. The largest absolute Gasteiger partial charge is 0.490 e. The van der Waals surface area contributed by atoms with Gasteiger partial charge in [0, 0.05) is 21.7 Å². The van der Waals surface area contributed by atoms with Crippen LogP contribution in [0, 0.1) is 11.6 Å². The third-order valence-electron chi connectivity index (χ3n) is 5.44. The zero-order chi connectivity index (χ0) is 25.7. The fourth-order valence-electron chi connectivity index (χ4n) is 3.56. The number of aliphatic hydroxyl groups excluding tert-OH is 1. The lowest BCUT2D eigenvalue weighted by molar-refractivity contribution is -0.0297. The van der Waals surface area contributed by atoms with Gasteiger partial charge in [-0.05, 0) is 41.5 Å². The Kier molecular flexibility index (Phi) is 8.01. The van der Waals surface area contributed by atoms with Crippen molar-refractivity contribution in [3.8, 4) is 5.75 Å². The van der Waals surface area contributed by atoms with E-state index >= 15 is 0 Å². The number of aromatic nitrogens is 3. The molecule has 0 bridgehead atoms. The van der Waals surface area contributed by atoms with E-state index in [1.165, 1.54) is 23.4 Å². The van der Waals surface area contributed by atoms with Gasteiger partial charge >= 0.3 is 0 Å². The smallest absolute Gasteiger partial charge is 0.146 e. The van der Waals surface area contributed by atoms with Crippen LogP contribution in [0.4, 0.5) is 8.78 Å². The van der Waals surface area contributed by atoms with Gasteiger partial charge < -0.3 is 14.9 Å². The summed E-state index contributed by atoms with van der Waals surface area (Å²) in [4.78, 5) is 3.83. The van der Waals surface area contributed by atoms with Gasteiger partial charge in [-0.3, -0.25) is 0 Å². The number of ether oxygens (including phenoxy) is 1. The van der Waals surface area contributed by atoms with Gasteiger partial charge in [0.25, 0.3) is 0 Å². The average molecular weight is 532 g/mol. The molecule has 10 heteroatoms. The van der Waals surface area contributed by atoms with Gasteiger partial charge in [0.1, 0.15) is 42.2 Å². The third kappa shape index (κ3) is 6.27. The van der Waals surface area contributed by atoms with Crippen molar-refractivity contribution < 1.29 is 23.7 Å². The van der Waals surface area contributed by atoms with Crippen LogP contribution in [0.3, 0.4) is 0 Å². The van der Waals surface area contributed by atoms with Gasteiger partial charge in [0.2, 0.25) is 0 Å². The molecule has 0 spiro atoms. The third-order valence-corrected chi connectivity index (χ3v) is 6.00. The predicted molar refractivity (Wildman–Crippen MR) is 133 cm³/mol. The van der Waals surface area contributed by atoms with Crippen LogP contribution in [-0.2, 0) is 12.1 Å². The second-order valence-electron chi connectivity index (χ2n) is 8.08. The molecule has 0 fully saturated rings. The molecule has 4 rings (SSSR count). The van der Waals surface area contributed by atoms with Crippen molar-refractivity contribution in [1.29, 1.82) is 0 Å². The topological polar surface area (TPSA) is 80.4 Å². The summed E-state index contributed by atoms with van der Waals surface area (Å²) in [6.07, 6.45) is 5.01. The molecule has 0 aliphatic rings. The Morgan fingerprint density at radius 3 is 2.50 bits per heavy atom. The van der Waals surface area contributed by atoms with Crippen LogP contribution in [0.2, 0.25) is 10.0 Å². The maximum atomic E-state index is 14.5. The van der Waals surface area contributed by atoms with E-state index in [-0.39, 0.29) is 18.7 Å². The molecule has 186 valence electrons. The van der Waals surface area contributed by atoms with Crippen molar-refractivity contribution in [2.45, 2.75) is 18.2 Å². The Bertz CT molecular complexity index is 1350. The van der Waals surface area contributed by atoms with Gasteiger partial charge in [0.15, 0.2) is 0 Å². The molecule has 2 unspecified atom stereocenters. The van der Waals surface area contributed by atoms with Crippen molar-refractivity contribution in [1.82, 2.24) is 14.8 Å². The van der Waals surface area contributed by atoms with E-state index in [0.29, 0.717) is 33.0 Å². The molecule has 0 aliphatic carbocycles. The van der Waals surface area contributed by atoms with E-state index in [1.807, 2.05) is 0 Å². The number of hydrogen-bond donors (Lipinski definition) is 2. The minimum Gasteiger partial charge on any atom is -0.490 e. The highest BCUT2D eigenvalue weighted by Gasteiger charge is 2.34. The molecule has 2 N–H and O–H groups in total. The van der Waals surface area contributed by atoms with Crippen molar-refractivity contribution in [3.05, 3.63) is 118 Å². The first kappa shape index (κ1) is 25.8. The molecule has 0 saturated carbocycles. The molecule has 4 aromatic rings. The van der Waals surface area contributed by atoms with E-state index in [0.717, 1.165) is 6.07 Å². The van der Waals surface area contributed by atoms with Gasteiger partial charge in [-0.2, -0.15) is 5.10 Å². The molecule has 2 atom stereocenters. The van der Waals surface area contributed by atoms with Crippen LogP contribution in [0.25, 0.3) is 6.08 Å². The van der Waals surface area contributed by atoms with Crippen molar-refractivity contribution in [2.75, 3.05) is 6.61 Å². The molecule has 0 aliphatic heterocycles. The highest BCUT2D eigenvalue weighted by atomic mass is 35.5. The highest BCUT2D eigenvalue weighted by Crippen LogP contribution is 2.29. The average Bonchev–Trinajstić information content (AvgIpc) is 3.35. The van der Waals surface area contributed by atoms with E-state index in [4.69, 9.17) is 27.9 Å². The number of nitrogens with zero attached hydrogens (tertiary/aromatic N) is 3. The van der Waals surface area contributed by atoms with Crippen LogP contribution in [-0.4, -0.2) is 31.6 Å².